The molecule has 1 amide bonds. The molecule has 1 fully saturated rings. The molecule has 1 unspecified atom stereocenters. The van der Waals surface area contributed by atoms with Crippen LogP contribution in [0.3, 0.4) is 0 Å². The van der Waals surface area contributed by atoms with Crippen molar-refractivity contribution in [3.63, 3.8) is 0 Å². The van der Waals surface area contributed by atoms with E-state index in [0.717, 1.165) is 23.7 Å². The molecule has 1 aromatic heterocycles. The summed E-state index contributed by atoms with van der Waals surface area (Å²) in [6.45, 7) is 3.07. The number of carbonyl (C=O) groups is 1. The molecule has 4 rings (SSSR count). The Labute approximate surface area is 199 Å². The summed E-state index contributed by atoms with van der Waals surface area (Å²) in [5.41, 5.74) is 1.96. The lowest BCUT2D eigenvalue weighted by molar-refractivity contribution is -0.134. The van der Waals surface area contributed by atoms with Crippen LogP contribution in [0.4, 0.5) is 4.39 Å². The third-order valence-electron chi connectivity index (χ3n) is 5.84. The number of sulfonamides is 1. The summed E-state index contributed by atoms with van der Waals surface area (Å²) in [4.78, 5) is 20.9. The predicted molar refractivity (Wildman–Crippen MR) is 127 cm³/mol. The van der Waals surface area contributed by atoms with E-state index in [1.807, 2.05) is 42.5 Å². The predicted octanol–water partition coefficient (Wildman–Crippen LogP) is 2.45. The van der Waals surface area contributed by atoms with Gasteiger partial charge in [0.2, 0.25) is 15.9 Å². The number of piperazine rings is 1. The van der Waals surface area contributed by atoms with E-state index in [9.17, 15) is 17.6 Å². The van der Waals surface area contributed by atoms with Crippen LogP contribution >= 0.6 is 0 Å². The number of hydrogen-bond acceptors (Lipinski definition) is 5. The third-order valence-corrected chi connectivity index (χ3v) is 7.35. The van der Waals surface area contributed by atoms with Crippen molar-refractivity contribution >= 4 is 15.9 Å². The molecule has 7 nitrogen and oxygen atoms in total. The summed E-state index contributed by atoms with van der Waals surface area (Å²) < 4.78 is 42.6. The van der Waals surface area contributed by atoms with Gasteiger partial charge in [0.25, 0.3) is 0 Å². The largest absolute Gasteiger partial charge is 0.339 e. The first-order valence-corrected chi connectivity index (χ1v) is 12.6. The maximum absolute atomic E-state index is 14.2. The first-order chi connectivity index (χ1) is 16.4. The molecule has 0 spiro atoms. The van der Waals surface area contributed by atoms with Crippen LogP contribution in [0.25, 0.3) is 0 Å². The van der Waals surface area contributed by atoms with Crippen LogP contribution in [0.5, 0.6) is 0 Å². The van der Waals surface area contributed by atoms with Gasteiger partial charge in [-0.3, -0.25) is 14.7 Å². The van der Waals surface area contributed by atoms with Gasteiger partial charge in [-0.15, -0.1) is 0 Å². The summed E-state index contributed by atoms with van der Waals surface area (Å²) in [5, 5.41) is 0. The Morgan fingerprint density at radius 1 is 0.912 bits per heavy atom. The van der Waals surface area contributed by atoms with Crippen molar-refractivity contribution in [2.45, 2.75) is 23.9 Å². The van der Waals surface area contributed by atoms with Gasteiger partial charge in [0.1, 0.15) is 16.8 Å². The van der Waals surface area contributed by atoms with Gasteiger partial charge >= 0.3 is 0 Å². The van der Waals surface area contributed by atoms with Gasteiger partial charge < -0.3 is 4.90 Å². The van der Waals surface area contributed by atoms with Crippen molar-refractivity contribution in [1.82, 2.24) is 19.5 Å². The first-order valence-electron chi connectivity index (χ1n) is 11.1. The Hall–Kier alpha value is -3.14. The fourth-order valence-electron chi connectivity index (χ4n) is 4.04. The topological polar surface area (TPSA) is 82.6 Å². The molecule has 1 N–H and O–H groups in total. The molecule has 178 valence electrons. The van der Waals surface area contributed by atoms with E-state index in [2.05, 4.69) is 14.6 Å². The lowest BCUT2D eigenvalue weighted by Crippen LogP contribution is -2.55. The van der Waals surface area contributed by atoms with E-state index in [1.54, 1.807) is 17.3 Å². The molecule has 3 aromatic rings. The monoisotopic (exact) mass is 482 g/mol. The van der Waals surface area contributed by atoms with Crippen LogP contribution in [0.2, 0.25) is 0 Å². The second-order valence-electron chi connectivity index (χ2n) is 8.25. The summed E-state index contributed by atoms with van der Waals surface area (Å²) in [6.07, 6.45) is 3.68. The minimum absolute atomic E-state index is 0.171. The van der Waals surface area contributed by atoms with Crippen molar-refractivity contribution in [2.75, 3.05) is 26.2 Å². The molecule has 1 aliphatic heterocycles. The molecule has 1 saturated heterocycles. The van der Waals surface area contributed by atoms with Crippen molar-refractivity contribution in [1.29, 1.82) is 0 Å². The highest BCUT2D eigenvalue weighted by Gasteiger charge is 2.32. The maximum Gasteiger partial charge on any atom is 0.244 e. The van der Waals surface area contributed by atoms with E-state index < -0.39 is 26.8 Å². The lowest BCUT2D eigenvalue weighted by Gasteiger charge is -2.36. The minimum atomic E-state index is -4.23. The highest BCUT2D eigenvalue weighted by molar-refractivity contribution is 7.89. The summed E-state index contributed by atoms with van der Waals surface area (Å²) in [7, 11) is -4.23. The van der Waals surface area contributed by atoms with Gasteiger partial charge in [-0.2, -0.15) is 4.72 Å². The van der Waals surface area contributed by atoms with Crippen molar-refractivity contribution in [3.8, 4) is 0 Å². The molecule has 1 atom stereocenters. The van der Waals surface area contributed by atoms with Gasteiger partial charge in [0, 0.05) is 45.1 Å². The molecular formula is C25H27FN4O3S. The Balaban J connectivity index is 1.47. The lowest BCUT2D eigenvalue weighted by atomic mass is 10.1. The Bertz CT molecular complexity index is 1200. The van der Waals surface area contributed by atoms with Gasteiger partial charge in [0.15, 0.2) is 0 Å². The normalized spacial score (nSPS) is 15.7. The average molecular weight is 483 g/mol. The zero-order valence-corrected chi connectivity index (χ0v) is 19.5. The van der Waals surface area contributed by atoms with Crippen LogP contribution in [-0.4, -0.2) is 61.3 Å². The smallest absolute Gasteiger partial charge is 0.244 e. The second-order valence-corrected chi connectivity index (χ2v) is 9.93. The molecule has 2 heterocycles. The fraction of sp³-hybridized carbons (Fsp3) is 0.280. The second kappa shape index (κ2) is 10.9. The van der Waals surface area contributed by atoms with Crippen molar-refractivity contribution < 1.29 is 17.6 Å². The minimum Gasteiger partial charge on any atom is -0.339 e. The number of hydrogen-bond donors (Lipinski definition) is 1. The standard InChI is InChI=1S/C25H27FN4O3S/c26-22-8-4-5-9-24(22)34(32,33)28-23(18-20-6-2-1-3-7-20)25(31)30-16-14-29(15-17-30)19-21-10-12-27-13-11-21/h1-13,23,28H,14-19H2. The zero-order valence-electron chi connectivity index (χ0n) is 18.7. The summed E-state index contributed by atoms with van der Waals surface area (Å²) in [6, 6.07) is 17.2. The van der Waals surface area contributed by atoms with E-state index in [4.69, 9.17) is 0 Å². The average Bonchev–Trinajstić information content (AvgIpc) is 2.85. The van der Waals surface area contributed by atoms with Crippen LogP contribution in [0, 0.1) is 5.82 Å². The molecular weight excluding hydrogens is 455 g/mol. The Kier molecular flexibility index (Phi) is 7.66. The Morgan fingerprint density at radius 3 is 2.24 bits per heavy atom. The highest BCUT2D eigenvalue weighted by atomic mass is 32.2. The first kappa shape index (κ1) is 24.0. The van der Waals surface area contributed by atoms with Crippen LogP contribution in [0.1, 0.15) is 11.1 Å². The van der Waals surface area contributed by atoms with E-state index in [0.29, 0.717) is 26.2 Å². The number of nitrogens with zero attached hydrogens (tertiary/aromatic N) is 3. The summed E-state index contributed by atoms with van der Waals surface area (Å²) >= 11 is 0. The SMILES string of the molecule is O=C(C(Cc1ccccc1)NS(=O)(=O)c1ccccc1F)N1CCN(Cc2ccncc2)CC1. The number of nitrogens with one attached hydrogen (secondary N) is 1. The number of halogens is 1. The van der Waals surface area contributed by atoms with Crippen molar-refractivity contribution in [3.05, 3.63) is 96.1 Å². The van der Waals surface area contributed by atoms with Crippen LogP contribution in [0.15, 0.2) is 84.0 Å². The number of carbonyl (C=O) groups excluding carboxylic acids is 1. The number of aromatic nitrogens is 1. The zero-order chi connectivity index (χ0) is 24.0. The van der Waals surface area contributed by atoms with Gasteiger partial charge in [-0.05, 0) is 41.8 Å². The molecule has 2 aromatic carbocycles. The van der Waals surface area contributed by atoms with Crippen LogP contribution < -0.4 is 4.72 Å². The fourth-order valence-corrected chi connectivity index (χ4v) is 5.30. The molecule has 0 saturated carbocycles. The van der Waals surface area contributed by atoms with Gasteiger partial charge in [-0.25, -0.2) is 12.8 Å². The van der Waals surface area contributed by atoms with E-state index >= 15 is 0 Å². The van der Waals surface area contributed by atoms with E-state index in [-0.39, 0.29) is 12.3 Å². The van der Waals surface area contributed by atoms with E-state index in [1.165, 1.54) is 18.2 Å². The summed E-state index contributed by atoms with van der Waals surface area (Å²) in [5.74, 6) is -1.17. The van der Waals surface area contributed by atoms with Crippen LogP contribution in [-0.2, 0) is 27.8 Å². The molecule has 9 heteroatoms. The number of rotatable bonds is 8. The number of amides is 1. The molecule has 34 heavy (non-hydrogen) atoms. The third kappa shape index (κ3) is 6.05. The van der Waals surface area contributed by atoms with Gasteiger partial charge in [0.05, 0.1) is 0 Å². The maximum atomic E-state index is 14.2. The van der Waals surface area contributed by atoms with Crippen molar-refractivity contribution in [2.24, 2.45) is 0 Å². The molecule has 0 bridgehead atoms. The quantitative estimate of drug-likeness (QED) is 0.533. The molecule has 0 aliphatic carbocycles. The highest BCUT2D eigenvalue weighted by Crippen LogP contribution is 2.17. The number of pyridine rings is 1. The van der Waals surface area contributed by atoms with Gasteiger partial charge in [-0.1, -0.05) is 42.5 Å². The molecule has 0 radical (unpaired) electrons. The Morgan fingerprint density at radius 2 is 1.56 bits per heavy atom. The number of benzene rings is 2. The molecule has 1 aliphatic rings.